The van der Waals surface area contributed by atoms with Gasteiger partial charge in [0.2, 0.25) is 0 Å². The van der Waals surface area contributed by atoms with Gasteiger partial charge in [0.25, 0.3) is 0 Å². The summed E-state index contributed by atoms with van der Waals surface area (Å²) in [4.78, 5) is 16.2. The topological polar surface area (TPSA) is 39.2 Å². The number of ketones is 1. The average molecular weight is 342 g/mol. The lowest BCUT2D eigenvalue weighted by Gasteiger charge is -2.09. The van der Waals surface area contributed by atoms with Gasteiger partial charge < -0.3 is 4.74 Å². The van der Waals surface area contributed by atoms with E-state index in [-0.39, 0.29) is 23.5 Å². The molecule has 0 unspecified atom stereocenters. The van der Waals surface area contributed by atoms with E-state index in [4.69, 9.17) is 0 Å². The Morgan fingerprint density at radius 2 is 2.00 bits per heavy atom. The van der Waals surface area contributed by atoms with Crippen LogP contribution < -0.4 is 4.74 Å². The molecule has 20 heavy (non-hydrogen) atoms. The molecule has 1 aromatic heterocycles. The van der Waals surface area contributed by atoms with Crippen LogP contribution in [0.4, 0.5) is 8.78 Å². The molecule has 0 spiro atoms. The molecule has 6 heteroatoms. The first-order valence-corrected chi connectivity index (χ1v) is 6.53. The Bertz CT molecular complexity index is 602. The van der Waals surface area contributed by atoms with Crippen molar-refractivity contribution in [2.75, 3.05) is 0 Å². The van der Waals surface area contributed by atoms with Crippen LogP contribution in [0, 0.1) is 0 Å². The first-order chi connectivity index (χ1) is 9.56. The summed E-state index contributed by atoms with van der Waals surface area (Å²) in [7, 11) is 0. The van der Waals surface area contributed by atoms with Crippen LogP contribution in [0.5, 0.6) is 5.75 Å². The largest absolute Gasteiger partial charge is 0.434 e. The van der Waals surface area contributed by atoms with E-state index in [2.05, 4.69) is 25.7 Å². The maximum Gasteiger partial charge on any atom is 0.387 e. The molecule has 0 fully saturated rings. The lowest BCUT2D eigenvalue weighted by molar-refractivity contribution is -0.0501. The monoisotopic (exact) mass is 341 g/mol. The first kappa shape index (κ1) is 14.6. The number of carbonyl (C=O) groups excluding carboxylic acids is 1. The van der Waals surface area contributed by atoms with Crippen LogP contribution in [-0.4, -0.2) is 17.4 Å². The van der Waals surface area contributed by atoms with E-state index in [9.17, 15) is 13.6 Å². The molecule has 0 radical (unpaired) electrons. The van der Waals surface area contributed by atoms with Crippen molar-refractivity contribution >= 4 is 21.7 Å². The van der Waals surface area contributed by atoms with Gasteiger partial charge in [-0.3, -0.25) is 9.78 Å². The molecule has 0 N–H and O–H groups in total. The van der Waals surface area contributed by atoms with Crippen molar-refractivity contribution in [2.24, 2.45) is 0 Å². The molecular weight excluding hydrogens is 332 g/mol. The van der Waals surface area contributed by atoms with E-state index < -0.39 is 6.61 Å². The minimum Gasteiger partial charge on any atom is -0.434 e. The van der Waals surface area contributed by atoms with Crippen LogP contribution in [0.2, 0.25) is 0 Å². The lowest BCUT2D eigenvalue weighted by atomic mass is 10.1. The second-order valence-corrected chi connectivity index (χ2v) is 4.86. The first-order valence-electron chi connectivity index (χ1n) is 5.73. The molecule has 2 aromatic rings. The quantitative estimate of drug-likeness (QED) is 0.775. The third-order valence-corrected chi connectivity index (χ3v) is 3.00. The molecule has 0 amide bonds. The highest BCUT2D eigenvalue weighted by Gasteiger charge is 2.16. The summed E-state index contributed by atoms with van der Waals surface area (Å²) in [6.07, 6.45) is 1.60. The highest BCUT2D eigenvalue weighted by molar-refractivity contribution is 9.10. The van der Waals surface area contributed by atoms with E-state index in [0.29, 0.717) is 5.69 Å². The highest BCUT2D eigenvalue weighted by Crippen LogP contribution is 2.22. The minimum atomic E-state index is -2.96. The van der Waals surface area contributed by atoms with Crippen molar-refractivity contribution in [3.63, 3.8) is 0 Å². The lowest BCUT2D eigenvalue weighted by Crippen LogP contribution is -2.10. The number of nitrogens with zero attached hydrogens (tertiary/aromatic N) is 1. The molecular formula is C14H10BrF2NO2. The summed E-state index contributed by atoms with van der Waals surface area (Å²) >= 11 is 3.24. The fourth-order valence-electron chi connectivity index (χ4n) is 1.67. The van der Waals surface area contributed by atoms with Gasteiger partial charge in [0, 0.05) is 16.4 Å². The van der Waals surface area contributed by atoms with Gasteiger partial charge in [-0.2, -0.15) is 8.78 Å². The molecule has 0 aliphatic heterocycles. The Labute approximate surface area is 122 Å². The summed E-state index contributed by atoms with van der Waals surface area (Å²) in [5, 5.41) is 0. The number of para-hydroxylation sites is 1. The zero-order valence-corrected chi connectivity index (χ0v) is 11.8. The molecule has 0 saturated carbocycles. The number of ether oxygens (including phenoxy) is 1. The second kappa shape index (κ2) is 6.56. The van der Waals surface area contributed by atoms with Crippen LogP contribution >= 0.6 is 15.9 Å². The average Bonchev–Trinajstić information content (AvgIpc) is 2.41. The normalized spacial score (nSPS) is 10.6. The molecule has 0 bridgehead atoms. The predicted octanol–water partition coefficient (Wildman–Crippen LogP) is 3.87. The van der Waals surface area contributed by atoms with Crippen LogP contribution in [0.15, 0.2) is 47.1 Å². The number of carbonyl (C=O) groups is 1. The van der Waals surface area contributed by atoms with E-state index in [1.54, 1.807) is 24.4 Å². The molecule has 3 nitrogen and oxygen atoms in total. The van der Waals surface area contributed by atoms with E-state index in [0.717, 1.165) is 4.47 Å². The highest BCUT2D eigenvalue weighted by atomic mass is 79.9. The van der Waals surface area contributed by atoms with Gasteiger partial charge in [0.15, 0.2) is 5.78 Å². The number of hydrogen-bond donors (Lipinski definition) is 0. The standard InChI is InChI=1S/C14H10BrF2NO2/c15-9-5-6-10(18-8-9)7-12(19)11-3-1-2-4-13(11)20-14(16)17/h1-6,8,14H,7H2. The minimum absolute atomic E-state index is 0.0247. The summed E-state index contributed by atoms with van der Waals surface area (Å²) < 4.78 is 29.7. The fraction of sp³-hybridized carbons (Fsp3) is 0.143. The van der Waals surface area contributed by atoms with Crippen molar-refractivity contribution in [1.29, 1.82) is 0 Å². The zero-order chi connectivity index (χ0) is 14.5. The van der Waals surface area contributed by atoms with Crippen molar-refractivity contribution in [3.8, 4) is 5.75 Å². The number of aromatic nitrogens is 1. The van der Waals surface area contributed by atoms with Crippen LogP contribution in [0.25, 0.3) is 0 Å². The molecule has 2 rings (SSSR count). The van der Waals surface area contributed by atoms with Crippen LogP contribution in [0.1, 0.15) is 16.1 Å². The number of pyridine rings is 1. The molecule has 1 aromatic carbocycles. The van der Waals surface area contributed by atoms with E-state index in [1.165, 1.54) is 18.2 Å². The van der Waals surface area contributed by atoms with Crippen LogP contribution in [0.3, 0.4) is 0 Å². The number of hydrogen-bond acceptors (Lipinski definition) is 3. The molecule has 104 valence electrons. The van der Waals surface area contributed by atoms with Crippen molar-refractivity contribution in [2.45, 2.75) is 13.0 Å². The zero-order valence-electron chi connectivity index (χ0n) is 10.2. The smallest absolute Gasteiger partial charge is 0.387 e. The second-order valence-electron chi connectivity index (χ2n) is 3.94. The summed E-state index contributed by atoms with van der Waals surface area (Å²) in [5.41, 5.74) is 0.683. The molecule has 0 aliphatic carbocycles. The van der Waals surface area contributed by atoms with Gasteiger partial charge in [-0.15, -0.1) is 0 Å². The number of rotatable bonds is 5. The van der Waals surface area contributed by atoms with Gasteiger partial charge in [-0.25, -0.2) is 0 Å². The maximum atomic E-state index is 12.3. The molecule has 0 atom stereocenters. The van der Waals surface area contributed by atoms with Gasteiger partial charge in [-0.1, -0.05) is 12.1 Å². The Balaban J connectivity index is 2.18. The summed E-state index contributed by atoms with van der Waals surface area (Å²) in [6.45, 7) is -2.96. The summed E-state index contributed by atoms with van der Waals surface area (Å²) in [6, 6.07) is 9.38. The van der Waals surface area contributed by atoms with Gasteiger partial charge in [0.05, 0.1) is 12.0 Å². The number of Topliss-reactive ketones (excluding diaryl/α,β-unsaturated/α-hetero) is 1. The van der Waals surface area contributed by atoms with Crippen LogP contribution in [-0.2, 0) is 6.42 Å². The number of halogens is 3. The third-order valence-electron chi connectivity index (χ3n) is 2.53. The fourth-order valence-corrected chi connectivity index (χ4v) is 1.90. The third kappa shape index (κ3) is 3.84. The Morgan fingerprint density at radius 1 is 1.25 bits per heavy atom. The van der Waals surface area contributed by atoms with E-state index in [1.807, 2.05) is 0 Å². The predicted molar refractivity (Wildman–Crippen MR) is 73.0 cm³/mol. The summed E-state index contributed by atoms with van der Waals surface area (Å²) in [5.74, 6) is -0.444. The molecule has 0 aliphatic rings. The number of alkyl halides is 2. The van der Waals surface area contributed by atoms with E-state index >= 15 is 0 Å². The Kier molecular flexibility index (Phi) is 4.79. The van der Waals surface area contributed by atoms with Gasteiger partial charge in [0.1, 0.15) is 5.75 Å². The van der Waals surface area contributed by atoms with Crippen molar-refractivity contribution in [1.82, 2.24) is 4.98 Å². The maximum absolute atomic E-state index is 12.3. The Hall–Kier alpha value is -1.82. The van der Waals surface area contributed by atoms with Crippen molar-refractivity contribution < 1.29 is 18.3 Å². The number of benzene rings is 1. The van der Waals surface area contributed by atoms with Crippen molar-refractivity contribution in [3.05, 3.63) is 58.3 Å². The molecule has 1 heterocycles. The van der Waals surface area contributed by atoms with Gasteiger partial charge in [-0.05, 0) is 40.2 Å². The van der Waals surface area contributed by atoms with Gasteiger partial charge >= 0.3 is 6.61 Å². The SMILES string of the molecule is O=C(Cc1ccc(Br)cn1)c1ccccc1OC(F)F. The Morgan fingerprint density at radius 3 is 2.65 bits per heavy atom. The molecule has 0 saturated heterocycles.